The summed E-state index contributed by atoms with van der Waals surface area (Å²) in [7, 11) is 1.73. The van der Waals surface area contributed by atoms with E-state index < -0.39 is 0 Å². The number of aromatic nitrogens is 2. The molecule has 0 aliphatic carbocycles. The van der Waals surface area contributed by atoms with Gasteiger partial charge < -0.3 is 9.42 Å². The van der Waals surface area contributed by atoms with Gasteiger partial charge in [0.15, 0.2) is 0 Å². The van der Waals surface area contributed by atoms with Crippen molar-refractivity contribution in [2.24, 2.45) is 0 Å². The topological polar surface area (TPSA) is 59.2 Å². The van der Waals surface area contributed by atoms with Crippen LogP contribution in [0.25, 0.3) is 22.4 Å². The first-order valence-corrected chi connectivity index (χ1v) is 9.31. The van der Waals surface area contributed by atoms with Gasteiger partial charge in [0.05, 0.1) is 28.4 Å². The predicted molar refractivity (Wildman–Crippen MR) is 109 cm³/mol. The molecule has 0 bridgehead atoms. The average molecular weight is 389 g/mol. The maximum atomic E-state index is 13.4. The molecule has 0 fully saturated rings. The Labute approximate surface area is 167 Å². The molecular weight excluding hydrogens is 369 g/mol. The number of rotatable bonds is 4. The Bertz CT molecular complexity index is 1170. The molecule has 2 aromatic heterocycles. The van der Waals surface area contributed by atoms with Crippen LogP contribution in [0, 0.1) is 12.7 Å². The third-order valence-corrected chi connectivity index (χ3v) is 5.17. The van der Waals surface area contributed by atoms with Gasteiger partial charge in [-0.2, -0.15) is 0 Å². The normalized spacial score (nSPS) is 12.1. The first kappa shape index (κ1) is 18.8. The summed E-state index contributed by atoms with van der Waals surface area (Å²) in [6.07, 6.45) is 0. The lowest BCUT2D eigenvalue weighted by molar-refractivity contribution is 0.0744. The lowest BCUT2D eigenvalue weighted by Crippen LogP contribution is -2.30. The number of carbonyl (C=O) groups is 1. The number of halogens is 1. The van der Waals surface area contributed by atoms with Crippen molar-refractivity contribution in [3.63, 3.8) is 0 Å². The van der Waals surface area contributed by atoms with Crippen LogP contribution in [0.3, 0.4) is 0 Å². The lowest BCUT2D eigenvalue weighted by Gasteiger charge is -2.26. The van der Waals surface area contributed by atoms with E-state index >= 15 is 0 Å². The largest absolute Gasteiger partial charge is 0.335 e. The number of benzene rings is 2. The van der Waals surface area contributed by atoms with Crippen molar-refractivity contribution in [3.8, 4) is 11.3 Å². The van der Waals surface area contributed by atoms with Crippen LogP contribution in [0.2, 0.25) is 0 Å². The molecule has 0 N–H and O–H groups in total. The lowest BCUT2D eigenvalue weighted by atomic mass is 10.0. The van der Waals surface area contributed by atoms with Crippen molar-refractivity contribution in [2.45, 2.75) is 19.9 Å². The molecule has 4 rings (SSSR count). The number of amides is 1. The van der Waals surface area contributed by atoms with Crippen molar-refractivity contribution < 1.29 is 13.7 Å². The number of nitrogens with zero attached hydrogens (tertiary/aromatic N) is 3. The van der Waals surface area contributed by atoms with Crippen LogP contribution in [-0.4, -0.2) is 28.0 Å². The summed E-state index contributed by atoms with van der Waals surface area (Å²) in [5.41, 5.74) is 3.78. The summed E-state index contributed by atoms with van der Waals surface area (Å²) in [6.45, 7) is 3.69. The highest BCUT2D eigenvalue weighted by Gasteiger charge is 2.25. The highest BCUT2D eigenvalue weighted by atomic mass is 19.1. The maximum Gasteiger partial charge on any atom is 0.259 e. The number of aryl methyl sites for hydroxylation is 1. The molecule has 0 spiro atoms. The molecule has 0 saturated carbocycles. The Balaban J connectivity index is 1.78. The third kappa shape index (κ3) is 3.49. The fraction of sp³-hybridized carbons (Fsp3) is 0.174. The summed E-state index contributed by atoms with van der Waals surface area (Å²) < 4.78 is 18.6. The van der Waals surface area contributed by atoms with E-state index in [1.165, 1.54) is 12.1 Å². The number of fused-ring (bicyclic) bond motifs is 1. The maximum absolute atomic E-state index is 13.4. The Hall–Kier alpha value is -3.54. The smallest absolute Gasteiger partial charge is 0.259 e. The molecule has 29 heavy (non-hydrogen) atoms. The molecule has 2 aromatic carbocycles. The van der Waals surface area contributed by atoms with Gasteiger partial charge in [-0.25, -0.2) is 9.37 Å². The van der Waals surface area contributed by atoms with Crippen LogP contribution in [0.4, 0.5) is 4.39 Å². The second kappa shape index (κ2) is 7.47. The molecule has 4 aromatic rings. The molecule has 0 aliphatic heterocycles. The van der Waals surface area contributed by atoms with Gasteiger partial charge in [0, 0.05) is 12.6 Å². The molecule has 1 unspecified atom stereocenters. The standard InChI is InChI=1S/C23H20FN3O2/c1-14-21-19(23(28)27(3)15(2)16-9-11-18(24)12-10-16)13-20(25-22(21)29-26-14)17-7-5-4-6-8-17/h4-13,15H,1-3H3. The molecular formula is C23H20FN3O2. The number of hydrogen-bond acceptors (Lipinski definition) is 4. The Morgan fingerprint density at radius 3 is 2.48 bits per heavy atom. The Morgan fingerprint density at radius 2 is 1.79 bits per heavy atom. The Kier molecular flexibility index (Phi) is 4.84. The summed E-state index contributed by atoms with van der Waals surface area (Å²) in [5.74, 6) is -0.490. The molecule has 6 heteroatoms. The molecule has 1 amide bonds. The van der Waals surface area contributed by atoms with Crippen molar-refractivity contribution >= 4 is 17.0 Å². The van der Waals surface area contributed by atoms with Gasteiger partial charge in [0.2, 0.25) is 0 Å². The second-order valence-corrected chi connectivity index (χ2v) is 7.01. The van der Waals surface area contributed by atoms with Gasteiger partial charge in [-0.1, -0.05) is 47.6 Å². The van der Waals surface area contributed by atoms with E-state index in [1.54, 1.807) is 37.1 Å². The van der Waals surface area contributed by atoms with Crippen molar-refractivity contribution in [2.75, 3.05) is 7.05 Å². The van der Waals surface area contributed by atoms with Gasteiger partial charge in [-0.3, -0.25) is 4.79 Å². The van der Waals surface area contributed by atoms with E-state index in [4.69, 9.17) is 4.52 Å². The van der Waals surface area contributed by atoms with Gasteiger partial charge in [0.1, 0.15) is 5.82 Å². The monoisotopic (exact) mass is 389 g/mol. The minimum atomic E-state index is -0.307. The highest BCUT2D eigenvalue weighted by molar-refractivity contribution is 6.07. The van der Waals surface area contributed by atoms with Crippen molar-refractivity contribution in [3.05, 3.63) is 83.3 Å². The SMILES string of the molecule is Cc1noc2nc(-c3ccccc3)cc(C(=O)N(C)C(C)c3ccc(F)cc3)c12. The minimum Gasteiger partial charge on any atom is -0.335 e. The molecule has 0 radical (unpaired) electrons. The zero-order valence-electron chi connectivity index (χ0n) is 16.4. The minimum absolute atomic E-state index is 0.183. The van der Waals surface area contributed by atoms with Crippen LogP contribution in [0.1, 0.15) is 34.6 Å². The van der Waals surface area contributed by atoms with Crippen LogP contribution >= 0.6 is 0 Å². The van der Waals surface area contributed by atoms with Crippen molar-refractivity contribution in [1.82, 2.24) is 15.0 Å². The van der Waals surface area contributed by atoms with E-state index in [-0.39, 0.29) is 17.8 Å². The zero-order valence-corrected chi connectivity index (χ0v) is 16.4. The molecule has 146 valence electrons. The van der Waals surface area contributed by atoms with E-state index in [9.17, 15) is 9.18 Å². The second-order valence-electron chi connectivity index (χ2n) is 7.01. The summed E-state index contributed by atoms with van der Waals surface area (Å²) >= 11 is 0. The van der Waals surface area contributed by atoms with Gasteiger partial charge in [-0.05, 0) is 37.6 Å². The van der Waals surface area contributed by atoms with Gasteiger partial charge in [-0.15, -0.1) is 0 Å². The average Bonchev–Trinajstić information content (AvgIpc) is 3.13. The van der Waals surface area contributed by atoms with Crippen molar-refractivity contribution in [1.29, 1.82) is 0 Å². The number of pyridine rings is 1. The van der Waals surface area contributed by atoms with Gasteiger partial charge >= 0.3 is 0 Å². The summed E-state index contributed by atoms with van der Waals surface area (Å²) in [5, 5.41) is 4.60. The molecule has 2 heterocycles. The molecule has 1 atom stereocenters. The highest BCUT2D eigenvalue weighted by Crippen LogP contribution is 2.29. The molecule has 5 nitrogen and oxygen atoms in total. The predicted octanol–water partition coefficient (Wildman–Crippen LogP) is 5.17. The summed E-state index contributed by atoms with van der Waals surface area (Å²) in [6, 6.07) is 17.3. The Morgan fingerprint density at radius 1 is 1.10 bits per heavy atom. The third-order valence-electron chi connectivity index (χ3n) is 5.17. The zero-order chi connectivity index (χ0) is 20.5. The van der Waals surface area contributed by atoms with Crippen LogP contribution < -0.4 is 0 Å². The van der Waals surface area contributed by atoms with E-state index in [2.05, 4.69) is 10.1 Å². The fourth-order valence-corrected chi connectivity index (χ4v) is 3.35. The fourth-order valence-electron chi connectivity index (χ4n) is 3.35. The van der Waals surface area contributed by atoms with E-state index in [0.717, 1.165) is 11.1 Å². The molecule has 0 saturated heterocycles. The van der Waals surface area contributed by atoms with Gasteiger partial charge in [0.25, 0.3) is 11.6 Å². The first-order chi connectivity index (χ1) is 14.0. The first-order valence-electron chi connectivity index (χ1n) is 9.31. The van der Waals surface area contributed by atoms with Crippen LogP contribution in [0.15, 0.2) is 65.2 Å². The summed E-state index contributed by atoms with van der Waals surface area (Å²) in [4.78, 5) is 19.6. The van der Waals surface area contributed by atoms with E-state index in [0.29, 0.717) is 28.1 Å². The van der Waals surface area contributed by atoms with Crippen LogP contribution in [-0.2, 0) is 0 Å². The number of carbonyl (C=O) groups excluding carboxylic acids is 1. The van der Waals surface area contributed by atoms with Crippen LogP contribution in [0.5, 0.6) is 0 Å². The molecule has 0 aliphatic rings. The van der Waals surface area contributed by atoms with E-state index in [1.807, 2.05) is 37.3 Å². The quantitative estimate of drug-likeness (QED) is 0.483. The number of hydrogen-bond donors (Lipinski definition) is 0.